The summed E-state index contributed by atoms with van der Waals surface area (Å²) in [4.78, 5) is 39.2. The maximum atomic E-state index is 12.9. The van der Waals surface area contributed by atoms with E-state index < -0.39 is 11.1 Å². The first-order valence-electron chi connectivity index (χ1n) is 10.0. The lowest BCUT2D eigenvalue weighted by Crippen LogP contribution is -2.33. The van der Waals surface area contributed by atoms with Gasteiger partial charge < -0.3 is 4.74 Å². The number of hydrogen-bond acceptors (Lipinski definition) is 5. The molecule has 1 saturated heterocycles. The fourth-order valence-corrected chi connectivity index (χ4v) is 4.85. The smallest absolute Gasteiger partial charge is 0.293 e. The maximum absolute atomic E-state index is 12.9. The fourth-order valence-electron chi connectivity index (χ4n) is 3.18. The molecule has 0 aromatic heterocycles. The molecule has 1 fully saturated rings. The van der Waals surface area contributed by atoms with Gasteiger partial charge in [-0.3, -0.25) is 19.3 Å². The molecular formula is C25H16Br2ClNO4S. The molecule has 0 radical (unpaired) electrons. The number of ether oxygens (including phenoxy) is 1. The van der Waals surface area contributed by atoms with E-state index in [4.69, 9.17) is 16.3 Å². The molecule has 3 aromatic carbocycles. The number of imide groups is 1. The molecule has 0 unspecified atom stereocenters. The highest BCUT2D eigenvalue weighted by Crippen LogP contribution is 2.35. The highest BCUT2D eigenvalue weighted by atomic mass is 79.9. The monoisotopic (exact) mass is 619 g/mol. The van der Waals surface area contributed by atoms with Crippen molar-refractivity contribution < 1.29 is 19.1 Å². The van der Waals surface area contributed by atoms with Crippen LogP contribution in [0, 0.1) is 0 Å². The molecule has 0 atom stereocenters. The molecule has 0 spiro atoms. The lowest BCUT2D eigenvalue weighted by molar-refractivity contribution is -0.122. The van der Waals surface area contributed by atoms with Crippen molar-refractivity contribution in [3.63, 3.8) is 0 Å². The number of nitrogens with zero attached hydrogens (tertiary/aromatic N) is 1. The van der Waals surface area contributed by atoms with E-state index in [1.807, 2.05) is 24.3 Å². The van der Waals surface area contributed by atoms with Crippen molar-refractivity contribution in [3.05, 3.63) is 102 Å². The number of hydrogen-bond donors (Lipinski definition) is 0. The van der Waals surface area contributed by atoms with Crippen LogP contribution >= 0.6 is 55.2 Å². The first-order valence-corrected chi connectivity index (χ1v) is 12.8. The van der Waals surface area contributed by atoms with Crippen LogP contribution in [0.2, 0.25) is 5.02 Å². The molecule has 0 saturated carbocycles. The van der Waals surface area contributed by atoms with E-state index in [0.717, 1.165) is 31.2 Å². The number of amides is 2. The van der Waals surface area contributed by atoms with E-state index in [1.165, 1.54) is 0 Å². The van der Waals surface area contributed by atoms with Gasteiger partial charge in [0.15, 0.2) is 5.78 Å². The van der Waals surface area contributed by atoms with Gasteiger partial charge in [-0.25, -0.2) is 0 Å². The number of carbonyl (C=O) groups is 3. The topological polar surface area (TPSA) is 63.7 Å². The summed E-state index contributed by atoms with van der Waals surface area (Å²) < 4.78 is 7.58. The van der Waals surface area contributed by atoms with Gasteiger partial charge in [0.05, 0.1) is 11.4 Å². The summed E-state index contributed by atoms with van der Waals surface area (Å²) in [7, 11) is 0. The number of benzene rings is 3. The van der Waals surface area contributed by atoms with E-state index in [0.29, 0.717) is 21.9 Å². The van der Waals surface area contributed by atoms with Crippen LogP contribution in [0.15, 0.2) is 80.6 Å². The number of carbonyl (C=O) groups excluding carboxylic acids is 3. The van der Waals surface area contributed by atoms with Crippen LogP contribution in [0.4, 0.5) is 4.79 Å². The molecule has 9 heteroatoms. The molecule has 172 valence electrons. The Morgan fingerprint density at radius 3 is 2.44 bits per heavy atom. The molecule has 1 aliphatic rings. The second-order valence-electron chi connectivity index (χ2n) is 7.26. The number of ketones is 1. The quantitative estimate of drug-likeness (QED) is 0.204. The molecule has 2 amide bonds. The Morgan fingerprint density at radius 1 is 1.00 bits per heavy atom. The van der Waals surface area contributed by atoms with Gasteiger partial charge in [0.25, 0.3) is 11.1 Å². The van der Waals surface area contributed by atoms with Crippen LogP contribution in [0.5, 0.6) is 5.75 Å². The lowest BCUT2D eigenvalue weighted by Gasteiger charge is -2.12. The Labute approximate surface area is 222 Å². The van der Waals surface area contributed by atoms with Crippen LogP contribution in [-0.2, 0) is 11.4 Å². The van der Waals surface area contributed by atoms with Crippen LogP contribution in [0.25, 0.3) is 6.08 Å². The second kappa shape index (κ2) is 10.9. The molecule has 1 heterocycles. The van der Waals surface area contributed by atoms with Crippen molar-refractivity contribution in [1.29, 1.82) is 0 Å². The number of Topliss-reactive ketones (excluding diaryl/α,β-unsaturated/α-hetero) is 1. The largest absolute Gasteiger partial charge is 0.488 e. The predicted molar refractivity (Wildman–Crippen MR) is 141 cm³/mol. The summed E-state index contributed by atoms with van der Waals surface area (Å²) in [5.41, 5.74) is 1.87. The van der Waals surface area contributed by atoms with E-state index in [2.05, 4.69) is 31.9 Å². The summed E-state index contributed by atoms with van der Waals surface area (Å²) in [6.45, 7) is -0.0801. The molecular weight excluding hydrogens is 606 g/mol. The first kappa shape index (κ1) is 24.7. The summed E-state index contributed by atoms with van der Waals surface area (Å²) in [6, 6.07) is 19.5. The molecule has 4 rings (SSSR count). The molecule has 0 N–H and O–H groups in total. The van der Waals surface area contributed by atoms with Crippen molar-refractivity contribution >= 4 is 78.2 Å². The van der Waals surface area contributed by atoms with Crippen LogP contribution in [-0.4, -0.2) is 28.4 Å². The third-order valence-electron chi connectivity index (χ3n) is 4.94. The van der Waals surface area contributed by atoms with E-state index in [-0.39, 0.29) is 23.8 Å². The Bertz CT molecular complexity index is 1310. The van der Waals surface area contributed by atoms with E-state index in [1.54, 1.807) is 48.5 Å². The SMILES string of the molecule is O=C(CN1C(=O)S/C(=C/c2cc(Br)ccc2OCc2ccccc2Cl)C1=O)c1ccc(Br)cc1. The number of rotatable bonds is 7. The minimum atomic E-state index is -0.516. The number of halogens is 3. The van der Waals surface area contributed by atoms with Gasteiger partial charge in [-0.05, 0) is 54.2 Å². The average Bonchev–Trinajstić information content (AvgIpc) is 3.07. The van der Waals surface area contributed by atoms with Crippen LogP contribution in [0.3, 0.4) is 0 Å². The first-order chi connectivity index (χ1) is 16.3. The summed E-state index contributed by atoms with van der Waals surface area (Å²) in [5, 5.41) is 0.105. The Morgan fingerprint density at radius 2 is 1.71 bits per heavy atom. The normalized spacial score (nSPS) is 14.7. The zero-order valence-electron chi connectivity index (χ0n) is 17.5. The minimum absolute atomic E-state index is 0.217. The van der Waals surface area contributed by atoms with Gasteiger partial charge >= 0.3 is 0 Å². The minimum Gasteiger partial charge on any atom is -0.488 e. The zero-order chi connectivity index (χ0) is 24.2. The fraction of sp³-hybridized carbons (Fsp3) is 0.0800. The molecule has 0 aliphatic carbocycles. The summed E-state index contributed by atoms with van der Waals surface area (Å²) in [5.74, 6) is -0.305. The van der Waals surface area contributed by atoms with Crippen molar-refractivity contribution in [2.45, 2.75) is 6.61 Å². The molecule has 5 nitrogen and oxygen atoms in total. The number of thioether (sulfide) groups is 1. The second-order valence-corrected chi connectivity index (χ2v) is 10.5. The van der Waals surface area contributed by atoms with Gasteiger partial charge in [0.2, 0.25) is 0 Å². The highest BCUT2D eigenvalue weighted by molar-refractivity contribution is 9.10. The van der Waals surface area contributed by atoms with E-state index >= 15 is 0 Å². The zero-order valence-corrected chi connectivity index (χ0v) is 22.2. The Balaban J connectivity index is 1.53. The van der Waals surface area contributed by atoms with Gasteiger partial charge in [0, 0.05) is 30.7 Å². The standard InChI is InChI=1S/C25H16Br2ClNO4S/c26-18-7-5-15(6-8-18)21(30)13-29-24(31)23(34-25(29)32)12-17-11-19(27)9-10-22(17)33-14-16-3-1-2-4-20(16)28/h1-12H,13-14H2/b23-12+. The lowest BCUT2D eigenvalue weighted by atomic mass is 10.1. The Kier molecular flexibility index (Phi) is 7.93. The molecule has 0 bridgehead atoms. The predicted octanol–water partition coefficient (Wildman–Crippen LogP) is 7.36. The molecule has 34 heavy (non-hydrogen) atoms. The maximum Gasteiger partial charge on any atom is 0.293 e. The van der Waals surface area contributed by atoms with E-state index in [9.17, 15) is 14.4 Å². The average molecular weight is 622 g/mol. The van der Waals surface area contributed by atoms with Crippen molar-refractivity contribution in [1.82, 2.24) is 4.90 Å². The van der Waals surface area contributed by atoms with Crippen LogP contribution in [0.1, 0.15) is 21.5 Å². The summed E-state index contributed by atoms with van der Waals surface area (Å²) >= 11 is 13.8. The van der Waals surface area contributed by atoms with Gasteiger partial charge in [-0.1, -0.05) is 73.8 Å². The van der Waals surface area contributed by atoms with Crippen molar-refractivity contribution in [2.75, 3.05) is 6.54 Å². The highest BCUT2D eigenvalue weighted by Gasteiger charge is 2.36. The summed E-state index contributed by atoms with van der Waals surface area (Å²) in [6.07, 6.45) is 1.60. The molecule has 3 aromatic rings. The third-order valence-corrected chi connectivity index (χ3v) is 7.24. The molecule has 1 aliphatic heterocycles. The third kappa shape index (κ3) is 5.81. The van der Waals surface area contributed by atoms with Gasteiger partial charge in [0.1, 0.15) is 12.4 Å². The van der Waals surface area contributed by atoms with Gasteiger partial charge in [-0.15, -0.1) is 0 Å². The Hall–Kier alpha value is -2.39. The van der Waals surface area contributed by atoms with Crippen molar-refractivity contribution in [3.8, 4) is 5.75 Å². The van der Waals surface area contributed by atoms with Gasteiger partial charge in [-0.2, -0.15) is 0 Å². The van der Waals surface area contributed by atoms with Crippen LogP contribution < -0.4 is 4.74 Å². The van der Waals surface area contributed by atoms with Crippen molar-refractivity contribution in [2.24, 2.45) is 0 Å².